The van der Waals surface area contributed by atoms with E-state index in [0.29, 0.717) is 22.4 Å². The summed E-state index contributed by atoms with van der Waals surface area (Å²) in [5.74, 6) is -1.54. The van der Waals surface area contributed by atoms with Crippen molar-refractivity contribution in [2.24, 2.45) is 7.05 Å². The number of halogens is 2. The Morgan fingerprint density at radius 2 is 1.97 bits per heavy atom. The van der Waals surface area contributed by atoms with E-state index in [1.54, 1.807) is 31.4 Å². The molecule has 3 rings (SSSR count). The molecular formula is C22H20BrClN4O3. The van der Waals surface area contributed by atoms with E-state index < -0.39 is 11.9 Å². The quantitative estimate of drug-likeness (QED) is 0.533. The minimum atomic E-state index is -1.13. The first kappa shape index (κ1) is 22.8. The van der Waals surface area contributed by atoms with Crippen LogP contribution in [0.3, 0.4) is 0 Å². The second kappa shape index (κ2) is 9.08. The molecule has 1 unspecified atom stereocenters. The molecule has 0 saturated carbocycles. The van der Waals surface area contributed by atoms with Crippen LogP contribution in [0.4, 0.5) is 0 Å². The Hall–Kier alpha value is -2.89. The number of hydrogen-bond donors (Lipinski definition) is 1. The number of rotatable bonds is 6. The number of benzene rings is 1. The summed E-state index contributed by atoms with van der Waals surface area (Å²) in [7, 11) is 1.62. The molecule has 0 aliphatic rings. The van der Waals surface area contributed by atoms with Gasteiger partial charge in [0.25, 0.3) is 5.56 Å². The highest BCUT2D eigenvalue weighted by Crippen LogP contribution is 2.35. The molecule has 9 heteroatoms. The van der Waals surface area contributed by atoms with E-state index in [-0.39, 0.29) is 22.3 Å². The van der Waals surface area contributed by atoms with Gasteiger partial charge in [0.05, 0.1) is 17.3 Å². The number of pyridine rings is 1. The Morgan fingerprint density at radius 3 is 2.48 bits per heavy atom. The highest BCUT2D eigenvalue weighted by Gasteiger charge is 2.30. The van der Waals surface area contributed by atoms with Crippen molar-refractivity contribution in [2.75, 3.05) is 0 Å². The summed E-state index contributed by atoms with van der Waals surface area (Å²) in [5, 5.41) is 19.1. The fourth-order valence-corrected chi connectivity index (χ4v) is 4.70. The summed E-state index contributed by atoms with van der Waals surface area (Å²) >= 11 is 9.51. The lowest BCUT2D eigenvalue weighted by Crippen LogP contribution is -2.20. The molecule has 7 nitrogen and oxygen atoms in total. The second-order valence-electron chi connectivity index (χ2n) is 7.49. The average Bonchev–Trinajstić information content (AvgIpc) is 3.07. The zero-order chi connectivity index (χ0) is 22.9. The van der Waals surface area contributed by atoms with Gasteiger partial charge in [-0.1, -0.05) is 23.7 Å². The first-order valence-electron chi connectivity index (χ1n) is 9.50. The predicted molar refractivity (Wildman–Crippen MR) is 121 cm³/mol. The maximum atomic E-state index is 12.0. The summed E-state index contributed by atoms with van der Waals surface area (Å²) in [4.78, 5) is 28.3. The van der Waals surface area contributed by atoms with Gasteiger partial charge in [-0.05, 0) is 65.5 Å². The van der Waals surface area contributed by atoms with E-state index in [1.165, 1.54) is 4.57 Å². The number of aryl methyl sites for hydroxylation is 1. The first-order valence-corrected chi connectivity index (χ1v) is 10.7. The molecule has 31 heavy (non-hydrogen) atoms. The van der Waals surface area contributed by atoms with Crippen LogP contribution in [-0.4, -0.2) is 25.2 Å². The fourth-order valence-electron chi connectivity index (χ4n) is 3.65. The van der Waals surface area contributed by atoms with Gasteiger partial charge in [-0.25, -0.2) is 9.78 Å². The summed E-state index contributed by atoms with van der Waals surface area (Å²) in [6, 6.07) is 10.6. The van der Waals surface area contributed by atoms with Crippen molar-refractivity contribution in [1.82, 2.24) is 14.1 Å². The van der Waals surface area contributed by atoms with Crippen molar-refractivity contribution in [3.05, 3.63) is 84.7 Å². The molecular weight excluding hydrogens is 484 g/mol. The minimum Gasteiger partial charge on any atom is -0.476 e. The van der Waals surface area contributed by atoms with Gasteiger partial charge in [-0.15, -0.1) is 0 Å². The van der Waals surface area contributed by atoms with Crippen molar-refractivity contribution in [3.8, 4) is 6.07 Å². The van der Waals surface area contributed by atoms with Crippen molar-refractivity contribution < 1.29 is 9.90 Å². The van der Waals surface area contributed by atoms with Gasteiger partial charge in [0.2, 0.25) is 0 Å². The summed E-state index contributed by atoms with van der Waals surface area (Å²) < 4.78 is 3.67. The molecule has 0 aliphatic carbocycles. The maximum absolute atomic E-state index is 12.0. The Morgan fingerprint density at radius 1 is 1.32 bits per heavy atom. The summed E-state index contributed by atoms with van der Waals surface area (Å²) in [6.45, 7) is 3.89. The monoisotopic (exact) mass is 502 g/mol. The van der Waals surface area contributed by atoms with Gasteiger partial charge in [0.1, 0.15) is 5.02 Å². The third-order valence-corrected chi connectivity index (χ3v) is 5.86. The summed E-state index contributed by atoms with van der Waals surface area (Å²) in [6.07, 6.45) is 2.07. The Kier molecular flexibility index (Phi) is 6.68. The number of nitriles is 1. The van der Waals surface area contributed by atoms with Crippen LogP contribution < -0.4 is 5.56 Å². The molecule has 0 fully saturated rings. The zero-order valence-electron chi connectivity index (χ0n) is 17.1. The topological polar surface area (TPSA) is 101 Å². The number of aromatic nitrogens is 3. The maximum Gasteiger partial charge on any atom is 0.356 e. The first-order chi connectivity index (χ1) is 14.6. The smallest absolute Gasteiger partial charge is 0.356 e. The Labute approximate surface area is 192 Å². The lowest BCUT2D eigenvalue weighted by atomic mass is 9.87. The van der Waals surface area contributed by atoms with Gasteiger partial charge >= 0.3 is 5.97 Å². The molecule has 2 aromatic heterocycles. The number of carbonyl (C=O) groups is 1. The minimum absolute atomic E-state index is 0.0501. The van der Waals surface area contributed by atoms with Crippen LogP contribution in [0, 0.1) is 11.3 Å². The van der Waals surface area contributed by atoms with Gasteiger partial charge in [-0.3, -0.25) is 4.79 Å². The Bertz CT molecular complexity index is 1210. The molecule has 0 radical (unpaired) electrons. The van der Waals surface area contributed by atoms with Crippen LogP contribution in [0.25, 0.3) is 0 Å². The molecule has 0 amide bonds. The second-order valence-corrected chi connectivity index (χ2v) is 8.60. The molecule has 0 spiro atoms. The molecule has 160 valence electrons. The van der Waals surface area contributed by atoms with Crippen molar-refractivity contribution in [1.29, 1.82) is 5.26 Å². The zero-order valence-corrected chi connectivity index (χ0v) is 19.5. The predicted octanol–water partition coefficient (Wildman–Crippen LogP) is 4.52. The van der Waals surface area contributed by atoms with Crippen LogP contribution in [0.1, 0.15) is 58.7 Å². The van der Waals surface area contributed by atoms with Crippen molar-refractivity contribution in [2.45, 2.75) is 32.2 Å². The fraction of sp³-hybridized carbons (Fsp3) is 0.273. The standard InChI is InChI=1S/C22H20BrClN4O3/c1-12(2)28-19(18(21(30)31)26-22(28)23)16(15-6-4-13(10-25)5-7-15)8-14-9-17(24)20(29)27(3)11-14/h4-7,9,11-12,16H,8H2,1-3H3,(H,30,31). The third kappa shape index (κ3) is 4.58. The van der Waals surface area contributed by atoms with Crippen LogP contribution >= 0.6 is 27.5 Å². The number of hydrogen-bond acceptors (Lipinski definition) is 4. The van der Waals surface area contributed by atoms with Crippen LogP contribution in [0.5, 0.6) is 0 Å². The van der Waals surface area contributed by atoms with E-state index in [9.17, 15) is 14.7 Å². The van der Waals surface area contributed by atoms with E-state index in [1.807, 2.05) is 30.5 Å². The van der Waals surface area contributed by atoms with E-state index >= 15 is 0 Å². The SMILES string of the molecule is CC(C)n1c(Br)nc(C(=O)O)c1C(Cc1cc(Cl)c(=O)n(C)c1)c1ccc(C#N)cc1. The van der Waals surface area contributed by atoms with E-state index in [4.69, 9.17) is 16.9 Å². The Balaban J connectivity index is 2.26. The molecule has 1 aromatic carbocycles. The molecule has 0 aliphatic heterocycles. The highest BCUT2D eigenvalue weighted by atomic mass is 79.9. The molecule has 2 heterocycles. The van der Waals surface area contributed by atoms with Crippen LogP contribution in [-0.2, 0) is 13.5 Å². The number of imidazole rings is 1. The number of nitrogens with zero attached hydrogens (tertiary/aromatic N) is 4. The van der Waals surface area contributed by atoms with Gasteiger partial charge in [0.15, 0.2) is 10.4 Å². The van der Waals surface area contributed by atoms with Crippen LogP contribution in [0.2, 0.25) is 5.02 Å². The van der Waals surface area contributed by atoms with Gasteiger partial charge in [0, 0.05) is 25.2 Å². The van der Waals surface area contributed by atoms with E-state index in [0.717, 1.165) is 11.1 Å². The van der Waals surface area contributed by atoms with Crippen molar-refractivity contribution >= 4 is 33.5 Å². The number of aromatic carboxylic acids is 1. The number of carboxylic acids is 1. The van der Waals surface area contributed by atoms with Gasteiger partial charge < -0.3 is 14.2 Å². The third-order valence-electron chi connectivity index (χ3n) is 5.03. The van der Waals surface area contributed by atoms with E-state index in [2.05, 4.69) is 27.0 Å². The number of carboxylic acid groups (broad SMARTS) is 1. The molecule has 3 aromatic rings. The average molecular weight is 504 g/mol. The normalized spacial score (nSPS) is 12.0. The lowest BCUT2D eigenvalue weighted by molar-refractivity contribution is 0.0689. The lowest BCUT2D eigenvalue weighted by Gasteiger charge is -2.23. The van der Waals surface area contributed by atoms with Crippen LogP contribution in [0.15, 0.2) is 46.1 Å². The molecule has 0 bridgehead atoms. The summed E-state index contributed by atoms with van der Waals surface area (Å²) in [5.41, 5.74) is 2.27. The highest BCUT2D eigenvalue weighted by molar-refractivity contribution is 9.10. The largest absolute Gasteiger partial charge is 0.476 e. The molecule has 1 N–H and O–H groups in total. The van der Waals surface area contributed by atoms with Gasteiger partial charge in [-0.2, -0.15) is 5.26 Å². The van der Waals surface area contributed by atoms with Crippen molar-refractivity contribution in [3.63, 3.8) is 0 Å². The molecule has 1 atom stereocenters. The molecule has 0 saturated heterocycles.